The molecule has 2 amide bonds. The largest absolute Gasteiger partial charge is 0.480 e. The van der Waals surface area contributed by atoms with E-state index in [2.05, 4.69) is 5.32 Å². The van der Waals surface area contributed by atoms with Crippen LogP contribution in [-0.2, 0) is 20.8 Å². The molecule has 0 saturated carbocycles. The molecule has 1 aromatic carbocycles. The standard InChI is InChI=1S/C22H35N3O4/c1-4-6-13-17(23)20(26)24-18(14-7-5-2)21(27)25(3)19(22(28)29)15-16-11-9-8-10-12-16/h8-12,17-19H,4-7,13-15,23H2,1-3H3,(H,24,26)(H,28,29)/t17-,18-,19-/m0/s1. The maximum atomic E-state index is 13.1. The van der Waals surface area contributed by atoms with Gasteiger partial charge in [-0.3, -0.25) is 9.59 Å². The number of nitrogens with zero attached hydrogens (tertiary/aromatic N) is 1. The lowest BCUT2D eigenvalue weighted by Gasteiger charge is -2.30. The number of rotatable bonds is 13. The van der Waals surface area contributed by atoms with Crippen LogP contribution in [-0.4, -0.2) is 53.0 Å². The predicted octanol–water partition coefficient (Wildman–Crippen LogP) is 2.33. The van der Waals surface area contributed by atoms with Crippen LogP contribution >= 0.6 is 0 Å². The number of carboxylic acid groups (broad SMARTS) is 1. The van der Waals surface area contributed by atoms with Crippen molar-refractivity contribution in [2.24, 2.45) is 5.73 Å². The number of carboxylic acids is 1. The van der Waals surface area contributed by atoms with Gasteiger partial charge in [0.15, 0.2) is 0 Å². The van der Waals surface area contributed by atoms with Crippen molar-refractivity contribution in [1.82, 2.24) is 10.2 Å². The second-order valence-electron chi connectivity index (χ2n) is 7.45. The number of nitrogens with two attached hydrogens (primary N) is 1. The SMILES string of the molecule is CCCC[C@H](NC(=O)[C@@H](N)CCCC)C(=O)N(C)[C@@H](Cc1ccccc1)C(=O)O. The fraction of sp³-hybridized carbons (Fsp3) is 0.591. The zero-order chi connectivity index (χ0) is 21.8. The van der Waals surface area contributed by atoms with E-state index in [1.54, 1.807) is 0 Å². The third-order valence-electron chi connectivity index (χ3n) is 5.04. The Morgan fingerprint density at radius 2 is 1.66 bits per heavy atom. The molecule has 162 valence electrons. The normalized spacial score (nSPS) is 13.9. The van der Waals surface area contributed by atoms with Crippen molar-refractivity contribution in [2.75, 3.05) is 7.05 Å². The van der Waals surface area contributed by atoms with Crippen molar-refractivity contribution in [2.45, 2.75) is 76.9 Å². The Morgan fingerprint density at radius 3 is 2.21 bits per heavy atom. The minimum atomic E-state index is -1.08. The first kappa shape index (κ1) is 24.6. The van der Waals surface area contributed by atoms with E-state index in [1.807, 2.05) is 44.2 Å². The zero-order valence-corrected chi connectivity index (χ0v) is 17.8. The van der Waals surface area contributed by atoms with Crippen molar-refractivity contribution in [3.8, 4) is 0 Å². The fourth-order valence-corrected chi connectivity index (χ4v) is 3.13. The van der Waals surface area contributed by atoms with Crippen LogP contribution in [0, 0.1) is 0 Å². The summed E-state index contributed by atoms with van der Waals surface area (Å²) in [6, 6.07) is 6.71. The molecule has 7 heteroatoms. The number of likely N-dealkylation sites (N-methyl/N-ethyl adjacent to an activating group) is 1. The molecule has 0 aromatic heterocycles. The summed E-state index contributed by atoms with van der Waals surface area (Å²) in [6.07, 6.45) is 4.57. The minimum absolute atomic E-state index is 0.197. The van der Waals surface area contributed by atoms with E-state index in [9.17, 15) is 19.5 Å². The van der Waals surface area contributed by atoms with Gasteiger partial charge in [-0.15, -0.1) is 0 Å². The van der Waals surface area contributed by atoms with E-state index < -0.39 is 30.0 Å². The van der Waals surface area contributed by atoms with Gasteiger partial charge >= 0.3 is 5.97 Å². The summed E-state index contributed by atoms with van der Waals surface area (Å²) in [6.45, 7) is 4.02. The highest BCUT2D eigenvalue weighted by Crippen LogP contribution is 2.12. The van der Waals surface area contributed by atoms with Gasteiger partial charge in [0.25, 0.3) is 0 Å². The molecule has 1 rings (SSSR count). The second kappa shape index (κ2) is 12.9. The first-order valence-electron chi connectivity index (χ1n) is 10.4. The summed E-state index contributed by atoms with van der Waals surface area (Å²) in [7, 11) is 1.48. The lowest BCUT2D eigenvalue weighted by molar-refractivity contribution is -0.150. The fourth-order valence-electron chi connectivity index (χ4n) is 3.13. The van der Waals surface area contributed by atoms with E-state index in [0.717, 1.165) is 31.2 Å². The smallest absolute Gasteiger partial charge is 0.326 e. The van der Waals surface area contributed by atoms with Crippen molar-refractivity contribution in [1.29, 1.82) is 0 Å². The lowest BCUT2D eigenvalue weighted by Crippen LogP contribution is -2.55. The molecule has 0 unspecified atom stereocenters. The molecule has 0 fully saturated rings. The second-order valence-corrected chi connectivity index (χ2v) is 7.45. The number of amides is 2. The van der Waals surface area contributed by atoms with Crippen molar-refractivity contribution < 1.29 is 19.5 Å². The summed E-state index contributed by atoms with van der Waals surface area (Å²) >= 11 is 0. The lowest BCUT2D eigenvalue weighted by atomic mass is 10.0. The molecule has 0 bridgehead atoms. The molecule has 0 aliphatic heterocycles. The Kier molecular flexibility index (Phi) is 11.0. The molecule has 0 radical (unpaired) electrons. The Balaban J connectivity index is 2.90. The van der Waals surface area contributed by atoms with Gasteiger partial charge in [-0.05, 0) is 18.4 Å². The number of nitrogens with one attached hydrogen (secondary N) is 1. The van der Waals surface area contributed by atoms with E-state index in [-0.39, 0.29) is 12.3 Å². The van der Waals surface area contributed by atoms with E-state index in [4.69, 9.17) is 5.73 Å². The molecular weight excluding hydrogens is 370 g/mol. The average Bonchev–Trinajstić information content (AvgIpc) is 2.72. The predicted molar refractivity (Wildman–Crippen MR) is 113 cm³/mol. The van der Waals surface area contributed by atoms with Gasteiger partial charge in [0, 0.05) is 13.5 Å². The summed E-state index contributed by atoms with van der Waals surface area (Å²) in [5.41, 5.74) is 6.76. The van der Waals surface area contributed by atoms with E-state index in [1.165, 1.54) is 11.9 Å². The molecule has 29 heavy (non-hydrogen) atoms. The molecule has 0 heterocycles. The number of unbranched alkanes of at least 4 members (excludes halogenated alkanes) is 2. The Bertz CT molecular complexity index is 651. The van der Waals surface area contributed by atoms with Crippen LogP contribution in [0.15, 0.2) is 30.3 Å². The number of carbonyl (C=O) groups excluding carboxylic acids is 2. The van der Waals surface area contributed by atoms with Gasteiger partial charge < -0.3 is 21.1 Å². The number of benzene rings is 1. The molecule has 0 aliphatic carbocycles. The number of hydrogen-bond donors (Lipinski definition) is 3. The monoisotopic (exact) mass is 405 g/mol. The zero-order valence-electron chi connectivity index (χ0n) is 17.8. The van der Waals surface area contributed by atoms with Gasteiger partial charge in [-0.25, -0.2) is 4.79 Å². The van der Waals surface area contributed by atoms with Crippen LogP contribution < -0.4 is 11.1 Å². The van der Waals surface area contributed by atoms with Gasteiger partial charge in [0.05, 0.1) is 6.04 Å². The van der Waals surface area contributed by atoms with Crippen molar-refractivity contribution >= 4 is 17.8 Å². The average molecular weight is 406 g/mol. The Morgan fingerprint density at radius 1 is 1.07 bits per heavy atom. The van der Waals surface area contributed by atoms with Gasteiger partial charge in [-0.2, -0.15) is 0 Å². The molecule has 1 aromatic rings. The third-order valence-corrected chi connectivity index (χ3v) is 5.04. The molecule has 7 nitrogen and oxygen atoms in total. The highest BCUT2D eigenvalue weighted by atomic mass is 16.4. The summed E-state index contributed by atoms with van der Waals surface area (Å²) in [5.74, 6) is -1.85. The summed E-state index contributed by atoms with van der Waals surface area (Å²) in [5, 5.41) is 12.4. The highest BCUT2D eigenvalue weighted by molar-refractivity contribution is 5.91. The quantitative estimate of drug-likeness (QED) is 0.466. The summed E-state index contributed by atoms with van der Waals surface area (Å²) in [4.78, 5) is 38.5. The van der Waals surface area contributed by atoms with Gasteiger partial charge in [0.2, 0.25) is 11.8 Å². The maximum absolute atomic E-state index is 13.1. The number of aliphatic carboxylic acids is 1. The molecule has 4 N–H and O–H groups in total. The van der Waals surface area contributed by atoms with Gasteiger partial charge in [-0.1, -0.05) is 69.9 Å². The van der Waals surface area contributed by atoms with Crippen LogP contribution in [0.2, 0.25) is 0 Å². The van der Waals surface area contributed by atoms with Crippen LogP contribution in [0.5, 0.6) is 0 Å². The van der Waals surface area contributed by atoms with Gasteiger partial charge in [0.1, 0.15) is 12.1 Å². The van der Waals surface area contributed by atoms with Crippen LogP contribution in [0.25, 0.3) is 0 Å². The van der Waals surface area contributed by atoms with Crippen molar-refractivity contribution in [3.63, 3.8) is 0 Å². The third kappa shape index (κ3) is 8.23. The summed E-state index contributed by atoms with van der Waals surface area (Å²) < 4.78 is 0. The Hall–Kier alpha value is -2.41. The molecule has 0 aliphatic rings. The molecule has 0 saturated heterocycles. The highest BCUT2D eigenvalue weighted by Gasteiger charge is 2.32. The number of carbonyl (C=O) groups is 3. The minimum Gasteiger partial charge on any atom is -0.480 e. The first-order chi connectivity index (χ1) is 13.8. The number of hydrogen-bond acceptors (Lipinski definition) is 4. The van der Waals surface area contributed by atoms with Crippen molar-refractivity contribution in [3.05, 3.63) is 35.9 Å². The molecular formula is C22H35N3O4. The maximum Gasteiger partial charge on any atom is 0.326 e. The molecule has 0 spiro atoms. The van der Waals surface area contributed by atoms with Crippen LogP contribution in [0.4, 0.5) is 0 Å². The van der Waals surface area contributed by atoms with Crippen LogP contribution in [0.3, 0.4) is 0 Å². The van der Waals surface area contributed by atoms with E-state index >= 15 is 0 Å². The van der Waals surface area contributed by atoms with E-state index in [0.29, 0.717) is 12.8 Å². The molecule has 3 atom stereocenters. The van der Waals surface area contributed by atoms with Crippen LogP contribution in [0.1, 0.15) is 57.9 Å². The Labute approximate surface area is 173 Å². The first-order valence-corrected chi connectivity index (χ1v) is 10.4. The topological polar surface area (TPSA) is 113 Å².